The van der Waals surface area contributed by atoms with E-state index in [9.17, 15) is 14.7 Å². The van der Waals surface area contributed by atoms with Gasteiger partial charge < -0.3 is 19.0 Å². The van der Waals surface area contributed by atoms with Crippen molar-refractivity contribution in [3.63, 3.8) is 0 Å². The maximum absolute atomic E-state index is 12.2. The van der Waals surface area contributed by atoms with E-state index in [0.29, 0.717) is 25.4 Å². The zero-order valence-corrected chi connectivity index (χ0v) is 12.9. The molecule has 3 rings (SSSR count). The molecule has 1 aliphatic heterocycles. The smallest absolute Gasteiger partial charge is 0.289 e. The predicted octanol–water partition coefficient (Wildman–Crippen LogP) is 0.642. The third-order valence-electron chi connectivity index (χ3n) is 4.10. The van der Waals surface area contributed by atoms with Crippen LogP contribution < -0.4 is 5.43 Å². The average molecular weight is 317 g/mol. The van der Waals surface area contributed by atoms with Crippen molar-refractivity contribution in [2.45, 2.75) is 6.54 Å². The first-order valence-corrected chi connectivity index (χ1v) is 7.48. The molecule has 7 heteroatoms. The van der Waals surface area contributed by atoms with E-state index in [4.69, 9.17) is 4.42 Å². The highest BCUT2D eigenvalue weighted by molar-refractivity contribution is 5.91. The Morgan fingerprint density at radius 1 is 1.30 bits per heavy atom. The van der Waals surface area contributed by atoms with Crippen molar-refractivity contribution in [1.82, 2.24) is 14.4 Å². The molecule has 0 unspecified atom stereocenters. The summed E-state index contributed by atoms with van der Waals surface area (Å²) in [6.07, 6.45) is 2.92. The predicted molar refractivity (Wildman–Crippen MR) is 83.2 cm³/mol. The highest BCUT2D eigenvalue weighted by atomic mass is 16.3. The highest BCUT2D eigenvalue weighted by Gasteiger charge is 2.24. The summed E-state index contributed by atoms with van der Waals surface area (Å²) < 4.78 is 6.89. The molecule has 1 saturated heterocycles. The molecule has 2 aromatic rings. The number of furan rings is 1. The molecule has 3 heterocycles. The Morgan fingerprint density at radius 3 is 2.70 bits per heavy atom. The summed E-state index contributed by atoms with van der Waals surface area (Å²) in [6, 6.07) is 4.82. The van der Waals surface area contributed by atoms with Crippen LogP contribution in [0.2, 0.25) is 0 Å². The Morgan fingerprint density at radius 2 is 2.04 bits per heavy atom. The maximum atomic E-state index is 12.2. The molecule has 0 saturated carbocycles. The number of hydrogen-bond donors (Lipinski definition) is 1. The molecule has 0 aliphatic carbocycles. The number of aromatic nitrogens is 1. The summed E-state index contributed by atoms with van der Waals surface area (Å²) in [7, 11) is 1.80. The van der Waals surface area contributed by atoms with Gasteiger partial charge in [-0.05, 0) is 12.1 Å². The standard InChI is InChI=1S/C16H19N3O4/c1-17-11-14(21)13(20)9-12(17)10-18-4-6-19(7-5-18)16(22)15-3-2-8-23-15/h2-3,8-9,11,21H,4-7,10H2,1H3. The minimum absolute atomic E-state index is 0.0910. The van der Waals surface area contributed by atoms with Gasteiger partial charge in [-0.3, -0.25) is 14.5 Å². The molecule has 1 aliphatic rings. The van der Waals surface area contributed by atoms with Crippen molar-refractivity contribution in [2.75, 3.05) is 26.2 Å². The van der Waals surface area contributed by atoms with Gasteiger partial charge in [-0.2, -0.15) is 0 Å². The van der Waals surface area contributed by atoms with Crippen LogP contribution >= 0.6 is 0 Å². The number of hydrogen-bond acceptors (Lipinski definition) is 5. The Kier molecular flexibility index (Phi) is 4.20. The van der Waals surface area contributed by atoms with Crippen LogP contribution in [0.3, 0.4) is 0 Å². The number of piperazine rings is 1. The second-order valence-electron chi connectivity index (χ2n) is 5.67. The van der Waals surface area contributed by atoms with Crippen molar-refractivity contribution >= 4 is 5.91 Å². The molecule has 0 atom stereocenters. The molecule has 1 fully saturated rings. The van der Waals surface area contributed by atoms with Crippen molar-refractivity contribution in [3.05, 3.63) is 52.3 Å². The summed E-state index contributed by atoms with van der Waals surface area (Å²) in [5, 5.41) is 9.42. The van der Waals surface area contributed by atoms with Gasteiger partial charge in [0.2, 0.25) is 5.43 Å². The summed E-state index contributed by atoms with van der Waals surface area (Å²) >= 11 is 0. The van der Waals surface area contributed by atoms with Crippen LogP contribution in [0.1, 0.15) is 16.2 Å². The van der Waals surface area contributed by atoms with E-state index in [0.717, 1.165) is 18.8 Å². The first-order chi connectivity index (χ1) is 11.0. The third-order valence-corrected chi connectivity index (χ3v) is 4.10. The second kappa shape index (κ2) is 6.29. The van der Waals surface area contributed by atoms with Gasteiger partial charge in [0.1, 0.15) is 0 Å². The minimum atomic E-state index is -0.371. The SMILES string of the molecule is Cn1cc(O)c(=O)cc1CN1CCN(C(=O)c2ccco2)CC1. The summed E-state index contributed by atoms with van der Waals surface area (Å²) in [6.45, 7) is 3.29. The van der Waals surface area contributed by atoms with E-state index in [-0.39, 0.29) is 17.1 Å². The normalized spacial score (nSPS) is 15.8. The molecule has 7 nitrogen and oxygen atoms in total. The van der Waals surface area contributed by atoms with Crippen molar-refractivity contribution in [3.8, 4) is 5.75 Å². The maximum Gasteiger partial charge on any atom is 0.289 e. The highest BCUT2D eigenvalue weighted by Crippen LogP contribution is 2.12. The lowest BCUT2D eigenvalue weighted by molar-refractivity contribution is 0.0595. The van der Waals surface area contributed by atoms with Gasteiger partial charge in [-0.1, -0.05) is 0 Å². The topological polar surface area (TPSA) is 78.9 Å². The van der Waals surface area contributed by atoms with Gasteiger partial charge in [-0.25, -0.2) is 0 Å². The first kappa shape index (κ1) is 15.4. The molecular weight excluding hydrogens is 298 g/mol. The van der Waals surface area contributed by atoms with E-state index >= 15 is 0 Å². The molecule has 1 N–H and O–H groups in total. The van der Waals surface area contributed by atoms with E-state index in [1.807, 2.05) is 0 Å². The number of aromatic hydroxyl groups is 1. The molecule has 0 spiro atoms. The van der Waals surface area contributed by atoms with E-state index < -0.39 is 0 Å². The van der Waals surface area contributed by atoms with Crippen LogP contribution in [0.4, 0.5) is 0 Å². The van der Waals surface area contributed by atoms with Crippen LogP contribution in [0.15, 0.2) is 39.9 Å². The quantitative estimate of drug-likeness (QED) is 0.899. The lowest BCUT2D eigenvalue weighted by Gasteiger charge is -2.34. The Bertz CT molecular complexity index is 743. The van der Waals surface area contributed by atoms with Crippen molar-refractivity contribution < 1.29 is 14.3 Å². The molecule has 1 amide bonds. The van der Waals surface area contributed by atoms with Gasteiger partial charge in [0.25, 0.3) is 5.91 Å². The van der Waals surface area contributed by atoms with E-state index in [1.54, 1.807) is 28.6 Å². The zero-order chi connectivity index (χ0) is 16.4. The lowest BCUT2D eigenvalue weighted by Crippen LogP contribution is -2.48. The molecule has 0 bridgehead atoms. The number of pyridine rings is 1. The van der Waals surface area contributed by atoms with Crippen LogP contribution in [0.25, 0.3) is 0 Å². The average Bonchev–Trinajstić information content (AvgIpc) is 3.07. The number of rotatable bonds is 3. The van der Waals surface area contributed by atoms with Gasteiger partial charge in [0.15, 0.2) is 11.5 Å². The third kappa shape index (κ3) is 3.29. The van der Waals surface area contributed by atoms with Crippen LogP contribution in [0.5, 0.6) is 5.75 Å². The van der Waals surface area contributed by atoms with Gasteiger partial charge in [0, 0.05) is 57.7 Å². The number of nitrogens with zero attached hydrogens (tertiary/aromatic N) is 3. The Hall–Kier alpha value is -2.54. The van der Waals surface area contributed by atoms with E-state index in [1.165, 1.54) is 18.5 Å². The summed E-state index contributed by atoms with van der Waals surface area (Å²) in [5.41, 5.74) is 0.461. The van der Waals surface area contributed by atoms with Crippen LogP contribution in [-0.4, -0.2) is 51.6 Å². The molecule has 122 valence electrons. The summed E-state index contributed by atoms with van der Waals surface area (Å²) in [5.74, 6) is 0.0242. The summed E-state index contributed by atoms with van der Waals surface area (Å²) in [4.78, 5) is 27.7. The fourth-order valence-corrected chi connectivity index (χ4v) is 2.71. The molecule has 2 aromatic heterocycles. The molecule has 0 aromatic carbocycles. The molecule has 0 radical (unpaired) electrons. The van der Waals surface area contributed by atoms with Gasteiger partial charge in [-0.15, -0.1) is 0 Å². The van der Waals surface area contributed by atoms with Crippen molar-refractivity contribution in [2.24, 2.45) is 7.05 Å². The number of carbonyl (C=O) groups excluding carboxylic acids is 1. The fourth-order valence-electron chi connectivity index (χ4n) is 2.71. The molecular formula is C16H19N3O4. The monoisotopic (exact) mass is 317 g/mol. The molecule has 23 heavy (non-hydrogen) atoms. The first-order valence-electron chi connectivity index (χ1n) is 7.48. The zero-order valence-electron chi connectivity index (χ0n) is 12.9. The Balaban J connectivity index is 1.60. The van der Waals surface area contributed by atoms with Gasteiger partial charge in [0.05, 0.1) is 6.26 Å². The second-order valence-corrected chi connectivity index (χ2v) is 5.67. The number of carbonyl (C=O) groups is 1. The number of aryl methyl sites for hydroxylation is 1. The van der Waals surface area contributed by atoms with Crippen LogP contribution in [-0.2, 0) is 13.6 Å². The lowest BCUT2D eigenvalue weighted by atomic mass is 10.2. The van der Waals surface area contributed by atoms with Crippen LogP contribution in [0, 0.1) is 0 Å². The number of amides is 1. The minimum Gasteiger partial charge on any atom is -0.503 e. The Labute approximate surface area is 133 Å². The van der Waals surface area contributed by atoms with Crippen molar-refractivity contribution in [1.29, 1.82) is 0 Å². The van der Waals surface area contributed by atoms with E-state index in [2.05, 4.69) is 4.90 Å². The fraction of sp³-hybridized carbons (Fsp3) is 0.375. The largest absolute Gasteiger partial charge is 0.503 e. The van der Waals surface area contributed by atoms with Gasteiger partial charge >= 0.3 is 0 Å².